The molecule has 0 saturated carbocycles. The first kappa shape index (κ1) is 10.9. The lowest BCUT2D eigenvalue weighted by Crippen LogP contribution is -1.93. The summed E-state index contributed by atoms with van der Waals surface area (Å²) in [5.41, 5.74) is 4.10. The first-order valence-electron chi connectivity index (χ1n) is 6.29. The van der Waals surface area contributed by atoms with Crippen LogP contribution in [-0.2, 0) is 0 Å². The monoisotopic (exact) mass is 261 g/mol. The first-order chi connectivity index (χ1) is 9.90. The Morgan fingerprint density at radius 3 is 2.85 bits per heavy atom. The molecule has 0 aliphatic heterocycles. The third kappa shape index (κ3) is 1.76. The molecule has 5 nitrogen and oxygen atoms in total. The summed E-state index contributed by atoms with van der Waals surface area (Å²) in [6, 6.07) is 10.1. The number of rotatable bonds is 2. The third-order valence-electron chi connectivity index (χ3n) is 3.25. The van der Waals surface area contributed by atoms with Crippen molar-refractivity contribution in [1.82, 2.24) is 25.0 Å². The number of aromatic amines is 1. The molecule has 0 fully saturated rings. The highest BCUT2D eigenvalue weighted by Crippen LogP contribution is 2.23. The number of nitrogens with one attached hydrogen (secondary N) is 1. The molecule has 0 aliphatic carbocycles. The quantitative estimate of drug-likeness (QED) is 0.603. The van der Waals surface area contributed by atoms with E-state index in [0.29, 0.717) is 0 Å². The van der Waals surface area contributed by atoms with E-state index in [4.69, 9.17) is 0 Å². The molecule has 0 bridgehead atoms. The Bertz CT molecular complexity index is 847. The van der Waals surface area contributed by atoms with Gasteiger partial charge in [0, 0.05) is 29.5 Å². The SMILES string of the molecule is c1cncc(-n2cc3cc(-c4cn[nH]c4)ccc3n2)c1. The van der Waals surface area contributed by atoms with Gasteiger partial charge in [-0.15, -0.1) is 0 Å². The fourth-order valence-corrected chi connectivity index (χ4v) is 2.24. The van der Waals surface area contributed by atoms with Gasteiger partial charge in [0.05, 0.1) is 23.6 Å². The molecule has 3 aromatic heterocycles. The van der Waals surface area contributed by atoms with Crippen LogP contribution in [0, 0.1) is 0 Å². The van der Waals surface area contributed by atoms with Gasteiger partial charge in [-0.2, -0.15) is 10.2 Å². The molecule has 3 heterocycles. The Labute approximate surface area is 114 Å². The van der Waals surface area contributed by atoms with Crippen LogP contribution in [0.3, 0.4) is 0 Å². The molecule has 0 atom stereocenters. The number of H-pyrrole nitrogens is 1. The largest absolute Gasteiger partial charge is 0.285 e. The van der Waals surface area contributed by atoms with Crippen LogP contribution in [0.15, 0.2) is 61.3 Å². The van der Waals surface area contributed by atoms with Crippen molar-refractivity contribution in [2.45, 2.75) is 0 Å². The van der Waals surface area contributed by atoms with Gasteiger partial charge < -0.3 is 0 Å². The summed E-state index contributed by atoms with van der Waals surface area (Å²) in [4.78, 5) is 4.12. The molecule has 0 radical (unpaired) electrons. The summed E-state index contributed by atoms with van der Waals surface area (Å²) in [7, 11) is 0. The van der Waals surface area contributed by atoms with E-state index in [1.165, 1.54) is 0 Å². The van der Waals surface area contributed by atoms with Crippen molar-refractivity contribution in [3.63, 3.8) is 0 Å². The van der Waals surface area contributed by atoms with E-state index in [0.717, 1.165) is 27.7 Å². The summed E-state index contributed by atoms with van der Waals surface area (Å²) in [5.74, 6) is 0. The molecule has 0 amide bonds. The van der Waals surface area contributed by atoms with Gasteiger partial charge in [-0.1, -0.05) is 6.07 Å². The minimum absolute atomic E-state index is 0.952. The van der Waals surface area contributed by atoms with Gasteiger partial charge >= 0.3 is 0 Å². The van der Waals surface area contributed by atoms with Crippen LogP contribution in [0.4, 0.5) is 0 Å². The van der Waals surface area contributed by atoms with Crippen LogP contribution < -0.4 is 0 Å². The second-order valence-corrected chi connectivity index (χ2v) is 4.55. The van der Waals surface area contributed by atoms with Gasteiger partial charge in [0.25, 0.3) is 0 Å². The maximum absolute atomic E-state index is 4.56. The summed E-state index contributed by atoms with van der Waals surface area (Å²) >= 11 is 0. The molecule has 20 heavy (non-hydrogen) atoms. The molecule has 0 aliphatic rings. The third-order valence-corrected chi connectivity index (χ3v) is 3.25. The number of aromatic nitrogens is 5. The van der Waals surface area contributed by atoms with Crippen molar-refractivity contribution >= 4 is 10.9 Å². The number of nitrogens with zero attached hydrogens (tertiary/aromatic N) is 4. The van der Waals surface area contributed by atoms with E-state index in [9.17, 15) is 0 Å². The number of benzene rings is 1. The van der Waals surface area contributed by atoms with E-state index in [1.54, 1.807) is 12.4 Å². The highest BCUT2D eigenvalue weighted by molar-refractivity contribution is 5.84. The standard InChI is InChI=1S/C15H11N5/c1-2-14(9-16-5-1)20-10-12-6-11(3-4-15(12)19-20)13-7-17-18-8-13/h1-10H,(H,17,18). The predicted molar refractivity (Wildman–Crippen MR) is 76.4 cm³/mol. The average molecular weight is 261 g/mol. The minimum atomic E-state index is 0.952. The van der Waals surface area contributed by atoms with Crippen LogP contribution in [-0.4, -0.2) is 25.0 Å². The predicted octanol–water partition coefficient (Wildman–Crippen LogP) is 2.81. The maximum Gasteiger partial charge on any atom is 0.0928 e. The summed E-state index contributed by atoms with van der Waals surface area (Å²) in [5, 5.41) is 12.5. The second kappa shape index (κ2) is 4.31. The normalized spacial score (nSPS) is 11.0. The zero-order chi connectivity index (χ0) is 13.4. The Balaban J connectivity index is 1.84. The molecule has 1 N–H and O–H groups in total. The van der Waals surface area contributed by atoms with E-state index in [1.807, 2.05) is 47.5 Å². The van der Waals surface area contributed by atoms with Crippen LogP contribution in [0.5, 0.6) is 0 Å². The molecule has 4 aromatic rings. The number of hydrogen-bond donors (Lipinski definition) is 1. The fourth-order valence-electron chi connectivity index (χ4n) is 2.24. The Morgan fingerprint density at radius 1 is 1.05 bits per heavy atom. The van der Waals surface area contributed by atoms with Crippen molar-refractivity contribution < 1.29 is 0 Å². The average Bonchev–Trinajstić information content (AvgIpc) is 3.16. The van der Waals surface area contributed by atoms with E-state index in [-0.39, 0.29) is 0 Å². The van der Waals surface area contributed by atoms with E-state index in [2.05, 4.69) is 26.3 Å². The van der Waals surface area contributed by atoms with E-state index >= 15 is 0 Å². The molecule has 0 unspecified atom stereocenters. The Hall–Kier alpha value is -2.95. The van der Waals surface area contributed by atoms with Crippen molar-refractivity contribution in [3.05, 3.63) is 61.3 Å². The zero-order valence-corrected chi connectivity index (χ0v) is 10.6. The molecule has 0 saturated heterocycles. The van der Waals surface area contributed by atoms with Crippen molar-refractivity contribution in [1.29, 1.82) is 0 Å². The lowest BCUT2D eigenvalue weighted by molar-refractivity contribution is 0.889. The van der Waals surface area contributed by atoms with E-state index < -0.39 is 0 Å². The Kier molecular flexibility index (Phi) is 2.35. The van der Waals surface area contributed by atoms with Gasteiger partial charge in [-0.3, -0.25) is 10.1 Å². The molecule has 5 heteroatoms. The van der Waals surface area contributed by atoms with Gasteiger partial charge in [-0.05, 0) is 29.8 Å². The molecule has 96 valence electrons. The topological polar surface area (TPSA) is 59.4 Å². The Morgan fingerprint density at radius 2 is 2.05 bits per heavy atom. The highest BCUT2D eigenvalue weighted by atomic mass is 15.3. The van der Waals surface area contributed by atoms with Gasteiger partial charge in [0.2, 0.25) is 0 Å². The molecule has 0 spiro atoms. The fraction of sp³-hybridized carbons (Fsp3) is 0. The summed E-state index contributed by atoms with van der Waals surface area (Å²) in [6.07, 6.45) is 9.25. The number of hydrogen-bond acceptors (Lipinski definition) is 3. The van der Waals surface area contributed by atoms with Gasteiger partial charge in [-0.25, -0.2) is 4.68 Å². The zero-order valence-electron chi connectivity index (χ0n) is 10.6. The van der Waals surface area contributed by atoms with Crippen molar-refractivity contribution in [3.8, 4) is 16.8 Å². The smallest absolute Gasteiger partial charge is 0.0928 e. The molecular weight excluding hydrogens is 250 g/mol. The summed E-state index contributed by atoms with van der Waals surface area (Å²) in [6.45, 7) is 0. The number of pyridine rings is 1. The van der Waals surface area contributed by atoms with Crippen LogP contribution in [0.1, 0.15) is 0 Å². The number of fused-ring (bicyclic) bond motifs is 1. The second-order valence-electron chi connectivity index (χ2n) is 4.55. The van der Waals surface area contributed by atoms with Crippen molar-refractivity contribution in [2.24, 2.45) is 0 Å². The highest BCUT2D eigenvalue weighted by Gasteiger charge is 2.05. The van der Waals surface area contributed by atoms with Crippen LogP contribution in [0.2, 0.25) is 0 Å². The lowest BCUT2D eigenvalue weighted by atomic mass is 10.1. The van der Waals surface area contributed by atoms with Gasteiger partial charge in [0.1, 0.15) is 0 Å². The minimum Gasteiger partial charge on any atom is -0.285 e. The van der Waals surface area contributed by atoms with Crippen LogP contribution >= 0.6 is 0 Å². The summed E-state index contributed by atoms with van der Waals surface area (Å²) < 4.78 is 1.84. The molecule has 4 rings (SSSR count). The molecular formula is C15H11N5. The van der Waals surface area contributed by atoms with Gasteiger partial charge in [0.15, 0.2) is 0 Å². The van der Waals surface area contributed by atoms with Crippen LogP contribution in [0.25, 0.3) is 27.7 Å². The molecule has 1 aromatic carbocycles. The maximum atomic E-state index is 4.56. The first-order valence-corrected chi connectivity index (χ1v) is 6.29. The lowest BCUT2D eigenvalue weighted by Gasteiger charge is -1.97. The van der Waals surface area contributed by atoms with Crippen molar-refractivity contribution in [2.75, 3.05) is 0 Å².